The van der Waals surface area contributed by atoms with Crippen LogP contribution in [0.4, 0.5) is 4.79 Å². The van der Waals surface area contributed by atoms with E-state index in [4.69, 9.17) is 9.57 Å². The molecule has 1 atom stereocenters. The predicted molar refractivity (Wildman–Crippen MR) is 74.8 cm³/mol. The van der Waals surface area contributed by atoms with E-state index in [1.807, 2.05) is 41.5 Å². The van der Waals surface area contributed by atoms with Gasteiger partial charge in [-0.25, -0.2) is 4.79 Å². The van der Waals surface area contributed by atoms with Gasteiger partial charge in [0.05, 0.1) is 11.6 Å². The second-order valence-corrected chi connectivity index (χ2v) is 7.10. The van der Waals surface area contributed by atoms with E-state index in [-0.39, 0.29) is 17.7 Å². The number of carbonyl (C=O) groups is 1. The summed E-state index contributed by atoms with van der Waals surface area (Å²) < 4.78 is 5.39. The number of hydrogen-bond acceptors (Lipinski definition) is 4. The lowest BCUT2D eigenvalue weighted by Gasteiger charge is -2.35. The molecule has 0 saturated carbocycles. The molecular formula is C14H28N2O3. The van der Waals surface area contributed by atoms with Gasteiger partial charge in [0.2, 0.25) is 0 Å². The van der Waals surface area contributed by atoms with Crippen molar-refractivity contribution < 1.29 is 14.4 Å². The van der Waals surface area contributed by atoms with Gasteiger partial charge in [-0.05, 0) is 54.4 Å². The highest BCUT2D eigenvalue weighted by atomic mass is 16.7. The highest BCUT2D eigenvalue weighted by molar-refractivity contribution is 5.68. The Labute approximate surface area is 116 Å². The first kappa shape index (κ1) is 16.2. The molecule has 5 nitrogen and oxygen atoms in total. The van der Waals surface area contributed by atoms with Crippen LogP contribution in [0.25, 0.3) is 0 Å². The Morgan fingerprint density at radius 3 is 2.32 bits per heavy atom. The van der Waals surface area contributed by atoms with E-state index >= 15 is 0 Å². The van der Waals surface area contributed by atoms with Crippen molar-refractivity contribution in [2.75, 3.05) is 13.1 Å². The average Bonchev–Trinajstić information content (AvgIpc) is 2.23. The molecule has 1 aliphatic heterocycles. The molecule has 0 aromatic carbocycles. The average molecular weight is 272 g/mol. The maximum Gasteiger partial charge on any atom is 0.410 e. The smallest absolute Gasteiger partial charge is 0.410 e. The van der Waals surface area contributed by atoms with Crippen molar-refractivity contribution in [3.05, 3.63) is 0 Å². The number of piperidine rings is 1. The third-order valence-electron chi connectivity index (χ3n) is 2.60. The Balaban J connectivity index is 2.44. The largest absolute Gasteiger partial charge is 0.444 e. The Kier molecular flexibility index (Phi) is 5.21. The summed E-state index contributed by atoms with van der Waals surface area (Å²) in [6, 6.07) is 0.167. The van der Waals surface area contributed by atoms with Crippen molar-refractivity contribution >= 4 is 6.09 Å². The molecule has 0 bridgehead atoms. The molecule has 1 fully saturated rings. The number of amides is 1. The molecule has 1 unspecified atom stereocenters. The van der Waals surface area contributed by atoms with E-state index in [1.54, 1.807) is 4.90 Å². The standard InChI is InChI=1S/C14H28N2O3/c1-13(2,3)18-12(17)16-9-7-8-11(10-16)15-19-14(4,5)6/h11,15H,7-10H2,1-6H3. The van der Waals surface area contributed by atoms with Crippen molar-refractivity contribution in [1.82, 2.24) is 10.4 Å². The summed E-state index contributed by atoms with van der Waals surface area (Å²) in [5.41, 5.74) is 2.39. The molecule has 19 heavy (non-hydrogen) atoms. The van der Waals surface area contributed by atoms with Crippen molar-refractivity contribution in [2.24, 2.45) is 0 Å². The number of carbonyl (C=O) groups excluding carboxylic acids is 1. The first-order chi connectivity index (χ1) is 8.57. The zero-order chi connectivity index (χ0) is 14.7. The molecule has 1 amide bonds. The zero-order valence-corrected chi connectivity index (χ0v) is 13.1. The first-order valence-electron chi connectivity index (χ1n) is 6.98. The number of likely N-dealkylation sites (tertiary alicyclic amines) is 1. The van der Waals surface area contributed by atoms with E-state index in [2.05, 4.69) is 5.48 Å². The number of hydroxylamine groups is 1. The van der Waals surface area contributed by atoms with Crippen LogP contribution in [0.5, 0.6) is 0 Å². The van der Waals surface area contributed by atoms with Gasteiger partial charge in [0.1, 0.15) is 5.60 Å². The molecule has 5 heteroatoms. The van der Waals surface area contributed by atoms with Gasteiger partial charge in [-0.1, -0.05) is 0 Å². The van der Waals surface area contributed by atoms with E-state index in [9.17, 15) is 4.79 Å². The summed E-state index contributed by atoms with van der Waals surface area (Å²) >= 11 is 0. The number of rotatable bonds is 2. The van der Waals surface area contributed by atoms with Gasteiger partial charge in [-0.3, -0.25) is 4.84 Å². The van der Waals surface area contributed by atoms with Gasteiger partial charge in [-0.15, -0.1) is 0 Å². The number of hydrogen-bond donors (Lipinski definition) is 1. The van der Waals surface area contributed by atoms with E-state index < -0.39 is 5.60 Å². The van der Waals surface area contributed by atoms with Crippen LogP contribution in [0.3, 0.4) is 0 Å². The summed E-state index contributed by atoms with van der Waals surface area (Å²) in [4.78, 5) is 19.3. The molecule has 1 aliphatic rings. The molecule has 1 N–H and O–H groups in total. The van der Waals surface area contributed by atoms with E-state index in [1.165, 1.54) is 0 Å². The Morgan fingerprint density at radius 2 is 1.79 bits per heavy atom. The maximum absolute atomic E-state index is 12.0. The second kappa shape index (κ2) is 6.09. The molecule has 0 radical (unpaired) electrons. The van der Waals surface area contributed by atoms with Crippen LogP contribution in [0.15, 0.2) is 0 Å². The number of nitrogens with zero attached hydrogens (tertiary/aromatic N) is 1. The van der Waals surface area contributed by atoms with Crippen molar-refractivity contribution in [1.29, 1.82) is 0 Å². The molecule has 112 valence electrons. The topological polar surface area (TPSA) is 50.8 Å². The van der Waals surface area contributed by atoms with Crippen molar-refractivity contribution in [2.45, 2.75) is 71.6 Å². The van der Waals surface area contributed by atoms with Gasteiger partial charge in [-0.2, -0.15) is 5.48 Å². The minimum Gasteiger partial charge on any atom is -0.444 e. The lowest BCUT2D eigenvalue weighted by Crippen LogP contribution is -2.50. The van der Waals surface area contributed by atoms with E-state index in [0.29, 0.717) is 6.54 Å². The van der Waals surface area contributed by atoms with E-state index in [0.717, 1.165) is 19.4 Å². The highest BCUT2D eigenvalue weighted by Gasteiger charge is 2.28. The second-order valence-electron chi connectivity index (χ2n) is 7.10. The summed E-state index contributed by atoms with van der Waals surface area (Å²) in [7, 11) is 0. The summed E-state index contributed by atoms with van der Waals surface area (Å²) in [5.74, 6) is 0. The molecule has 0 aromatic rings. The molecule has 1 heterocycles. The summed E-state index contributed by atoms with van der Waals surface area (Å²) in [6.07, 6.45) is 1.73. The van der Waals surface area contributed by atoms with Gasteiger partial charge in [0.15, 0.2) is 0 Å². The minimum absolute atomic E-state index is 0.167. The molecule has 1 rings (SSSR count). The Morgan fingerprint density at radius 1 is 1.16 bits per heavy atom. The monoisotopic (exact) mass is 272 g/mol. The molecular weight excluding hydrogens is 244 g/mol. The van der Waals surface area contributed by atoms with Crippen LogP contribution in [0, 0.1) is 0 Å². The normalized spacial score (nSPS) is 21.4. The first-order valence-corrected chi connectivity index (χ1v) is 6.98. The Bertz CT molecular complexity index is 305. The zero-order valence-electron chi connectivity index (χ0n) is 13.1. The number of nitrogens with one attached hydrogen (secondary N) is 1. The SMILES string of the molecule is CC(C)(C)ONC1CCCN(C(=O)OC(C)(C)C)C1. The lowest BCUT2D eigenvalue weighted by molar-refractivity contribution is -0.0965. The van der Waals surface area contributed by atoms with Crippen LogP contribution in [-0.2, 0) is 9.57 Å². The van der Waals surface area contributed by atoms with Crippen LogP contribution < -0.4 is 5.48 Å². The van der Waals surface area contributed by atoms with Crippen LogP contribution >= 0.6 is 0 Å². The van der Waals surface area contributed by atoms with Gasteiger partial charge in [0.25, 0.3) is 0 Å². The molecule has 1 saturated heterocycles. The van der Waals surface area contributed by atoms with Gasteiger partial charge in [0, 0.05) is 13.1 Å². The van der Waals surface area contributed by atoms with Gasteiger partial charge < -0.3 is 9.64 Å². The molecule has 0 spiro atoms. The predicted octanol–water partition coefficient (Wildman–Crippen LogP) is 2.71. The van der Waals surface area contributed by atoms with Crippen molar-refractivity contribution in [3.8, 4) is 0 Å². The fraction of sp³-hybridized carbons (Fsp3) is 0.929. The van der Waals surface area contributed by atoms with Crippen molar-refractivity contribution in [3.63, 3.8) is 0 Å². The lowest BCUT2D eigenvalue weighted by atomic mass is 10.1. The third kappa shape index (κ3) is 6.78. The minimum atomic E-state index is -0.445. The fourth-order valence-corrected chi connectivity index (χ4v) is 1.83. The quantitative estimate of drug-likeness (QED) is 0.785. The fourth-order valence-electron chi connectivity index (χ4n) is 1.83. The van der Waals surface area contributed by atoms with Gasteiger partial charge >= 0.3 is 6.09 Å². The highest BCUT2D eigenvalue weighted by Crippen LogP contribution is 2.16. The van der Waals surface area contributed by atoms with Crippen LogP contribution in [-0.4, -0.2) is 41.3 Å². The third-order valence-corrected chi connectivity index (χ3v) is 2.60. The summed E-state index contributed by atoms with van der Waals surface area (Å²) in [5, 5.41) is 0. The summed E-state index contributed by atoms with van der Waals surface area (Å²) in [6.45, 7) is 13.0. The van der Waals surface area contributed by atoms with Crippen LogP contribution in [0.2, 0.25) is 0 Å². The number of ether oxygens (including phenoxy) is 1. The molecule has 0 aromatic heterocycles. The Hall–Kier alpha value is -0.810. The molecule has 0 aliphatic carbocycles. The van der Waals surface area contributed by atoms with Crippen LogP contribution in [0.1, 0.15) is 54.4 Å². The maximum atomic E-state index is 12.0.